The Morgan fingerprint density at radius 2 is 2.07 bits per heavy atom. The van der Waals surface area contributed by atoms with Crippen molar-refractivity contribution in [1.29, 1.82) is 0 Å². The minimum atomic E-state index is -0.502. The maximum Gasteiger partial charge on any atom is 0.352 e. The molecular formula is C9H12ClNO2S. The molecule has 0 saturated carbocycles. The lowest BCUT2D eigenvalue weighted by Gasteiger charge is -2.18. The first kappa shape index (κ1) is 11.5. The summed E-state index contributed by atoms with van der Waals surface area (Å²) in [7, 11) is 0. The van der Waals surface area contributed by atoms with Gasteiger partial charge in [-0.2, -0.15) is 4.37 Å². The van der Waals surface area contributed by atoms with E-state index in [4.69, 9.17) is 16.3 Å². The third kappa shape index (κ3) is 2.69. The zero-order chi connectivity index (χ0) is 10.9. The summed E-state index contributed by atoms with van der Waals surface area (Å²) in [5.74, 6) is -0.409. The van der Waals surface area contributed by atoms with Crippen LogP contribution < -0.4 is 0 Å². The van der Waals surface area contributed by atoms with E-state index in [2.05, 4.69) is 4.37 Å². The number of aromatic nitrogens is 1. The Morgan fingerprint density at radius 3 is 2.43 bits per heavy atom. The summed E-state index contributed by atoms with van der Waals surface area (Å²) in [6, 6.07) is 0. The maximum absolute atomic E-state index is 11.6. The van der Waals surface area contributed by atoms with Crippen molar-refractivity contribution in [2.75, 3.05) is 0 Å². The largest absolute Gasteiger partial charge is 0.456 e. The first-order valence-electron chi connectivity index (χ1n) is 4.16. The van der Waals surface area contributed by atoms with Crippen LogP contribution in [0.5, 0.6) is 0 Å². The minimum Gasteiger partial charge on any atom is -0.456 e. The molecule has 1 heterocycles. The lowest BCUT2D eigenvalue weighted by molar-refractivity contribution is 0.00754. The molecule has 3 nitrogen and oxygen atoms in total. The fourth-order valence-electron chi connectivity index (χ4n) is 0.810. The Hall–Kier alpha value is -0.610. The van der Waals surface area contributed by atoms with Crippen LogP contribution in [0.1, 0.15) is 36.1 Å². The summed E-state index contributed by atoms with van der Waals surface area (Å²) < 4.78 is 9.14. The predicted molar refractivity (Wildman–Crippen MR) is 57.0 cm³/mol. The summed E-state index contributed by atoms with van der Waals surface area (Å²) in [5.41, 5.74) is 0.163. The van der Waals surface area contributed by atoms with Crippen LogP contribution in [-0.4, -0.2) is 15.9 Å². The summed E-state index contributed by atoms with van der Waals surface area (Å²) in [6.07, 6.45) is 0. The maximum atomic E-state index is 11.6. The number of nitrogens with zero attached hydrogens (tertiary/aromatic N) is 1. The van der Waals surface area contributed by atoms with Gasteiger partial charge < -0.3 is 4.74 Å². The number of carbonyl (C=O) groups excluding carboxylic acids is 1. The lowest BCUT2D eigenvalue weighted by Crippen LogP contribution is -2.23. The molecule has 0 aliphatic rings. The molecule has 0 aliphatic heterocycles. The van der Waals surface area contributed by atoms with E-state index in [1.165, 1.54) is 0 Å². The molecule has 0 N–H and O–H groups in total. The summed E-state index contributed by atoms with van der Waals surface area (Å²) in [4.78, 5) is 11.9. The fourth-order valence-corrected chi connectivity index (χ4v) is 1.75. The molecule has 0 spiro atoms. The van der Waals surface area contributed by atoms with Crippen LogP contribution in [0.3, 0.4) is 0 Å². The predicted octanol–water partition coefficient (Wildman–Crippen LogP) is 3.06. The van der Waals surface area contributed by atoms with Gasteiger partial charge in [0.25, 0.3) is 0 Å². The molecule has 0 atom stereocenters. The number of ether oxygens (including phenoxy) is 1. The molecule has 0 bridgehead atoms. The van der Waals surface area contributed by atoms with Crippen molar-refractivity contribution in [3.8, 4) is 0 Å². The fraction of sp³-hybridized carbons (Fsp3) is 0.556. The zero-order valence-electron chi connectivity index (χ0n) is 8.55. The Bertz CT molecular complexity index is 354. The number of rotatable bonds is 1. The van der Waals surface area contributed by atoms with Crippen LogP contribution in [0.25, 0.3) is 0 Å². The molecule has 1 aromatic rings. The van der Waals surface area contributed by atoms with Gasteiger partial charge in [0.2, 0.25) is 0 Å². The van der Waals surface area contributed by atoms with Crippen molar-refractivity contribution in [3.05, 3.63) is 15.6 Å². The van der Waals surface area contributed by atoms with Crippen molar-refractivity contribution in [2.45, 2.75) is 33.3 Å². The van der Waals surface area contributed by atoms with Crippen LogP contribution in [0, 0.1) is 6.92 Å². The average molecular weight is 234 g/mol. The summed E-state index contributed by atoms with van der Waals surface area (Å²) >= 11 is 6.95. The molecule has 1 aromatic heterocycles. The Labute approximate surface area is 92.2 Å². The van der Waals surface area contributed by atoms with Crippen molar-refractivity contribution in [3.63, 3.8) is 0 Å². The van der Waals surface area contributed by atoms with Crippen molar-refractivity contribution in [1.82, 2.24) is 4.37 Å². The third-order valence-corrected chi connectivity index (χ3v) is 2.87. The highest BCUT2D eigenvalue weighted by atomic mass is 35.5. The van der Waals surface area contributed by atoms with Gasteiger partial charge in [-0.1, -0.05) is 11.6 Å². The molecule has 1 rings (SSSR count). The van der Waals surface area contributed by atoms with Crippen LogP contribution in [0.2, 0.25) is 5.02 Å². The highest BCUT2D eigenvalue weighted by molar-refractivity contribution is 7.08. The highest BCUT2D eigenvalue weighted by Gasteiger charge is 2.22. The number of esters is 1. The summed E-state index contributed by atoms with van der Waals surface area (Å²) in [6.45, 7) is 7.19. The van der Waals surface area contributed by atoms with Gasteiger partial charge in [-0.05, 0) is 39.2 Å². The summed E-state index contributed by atoms with van der Waals surface area (Å²) in [5, 5.41) is 0.393. The normalized spacial score (nSPS) is 11.5. The van der Waals surface area contributed by atoms with E-state index < -0.39 is 11.6 Å². The second-order valence-corrected chi connectivity index (χ2v) is 5.06. The monoisotopic (exact) mass is 233 g/mol. The first-order chi connectivity index (χ1) is 6.31. The molecule has 14 heavy (non-hydrogen) atoms. The molecule has 78 valence electrons. The van der Waals surface area contributed by atoms with Crippen LogP contribution >= 0.6 is 23.1 Å². The Balaban J connectivity index is 2.86. The second kappa shape index (κ2) is 3.87. The van der Waals surface area contributed by atoms with E-state index in [0.717, 1.165) is 11.5 Å². The quantitative estimate of drug-likeness (QED) is 0.700. The minimum absolute atomic E-state index is 0.374. The molecular weight excluding hydrogens is 222 g/mol. The molecule has 0 unspecified atom stereocenters. The van der Waals surface area contributed by atoms with Crippen LogP contribution in [-0.2, 0) is 4.74 Å². The van der Waals surface area contributed by atoms with Gasteiger partial charge >= 0.3 is 5.97 Å². The molecule has 5 heteroatoms. The van der Waals surface area contributed by atoms with E-state index in [0.29, 0.717) is 15.6 Å². The lowest BCUT2D eigenvalue weighted by atomic mass is 10.2. The van der Waals surface area contributed by atoms with Gasteiger partial charge in [0.05, 0.1) is 10.7 Å². The van der Waals surface area contributed by atoms with Gasteiger partial charge in [0, 0.05) is 0 Å². The smallest absolute Gasteiger partial charge is 0.352 e. The zero-order valence-corrected chi connectivity index (χ0v) is 10.1. The topological polar surface area (TPSA) is 39.2 Å². The van der Waals surface area contributed by atoms with Gasteiger partial charge in [-0.15, -0.1) is 0 Å². The van der Waals surface area contributed by atoms with Crippen LogP contribution in [0.15, 0.2) is 0 Å². The molecule has 0 aliphatic carbocycles. The SMILES string of the molecule is Cc1nsc(C(=O)OC(C)(C)C)c1Cl. The van der Waals surface area contributed by atoms with Gasteiger partial charge in [-0.25, -0.2) is 4.79 Å². The van der Waals surface area contributed by atoms with Crippen molar-refractivity contribution < 1.29 is 9.53 Å². The standard InChI is InChI=1S/C9H12ClNO2S/c1-5-6(10)7(14-11-5)8(12)13-9(2,3)4/h1-4H3. The number of carbonyl (C=O) groups is 1. The van der Waals surface area contributed by atoms with Crippen molar-refractivity contribution in [2.24, 2.45) is 0 Å². The molecule has 0 radical (unpaired) electrons. The van der Waals surface area contributed by atoms with E-state index in [1.54, 1.807) is 6.92 Å². The van der Waals surface area contributed by atoms with Gasteiger partial charge in [0.1, 0.15) is 5.60 Å². The molecule has 0 aromatic carbocycles. The first-order valence-corrected chi connectivity index (χ1v) is 5.31. The molecule has 0 fully saturated rings. The second-order valence-electron chi connectivity index (χ2n) is 3.91. The average Bonchev–Trinajstić information content (AvgIpc) is 2.29. The number of hydrogen-bond donors (Lipinski definition) is 0. The van der Waals surface area contributed by atoms with Gasteiger partial charge in [0.15, 0.2) is 4.88 Å². The van der Waals surface area contributed by atoms with E-state index >= 15 is 0 Å². The molecule has 0 amide bonds. The van der Waals surface area contributed by atoms with E-state index in [9.17, 15) is 4.79 Å². The molecule has 0 saturated heterocycles. The van der Waals surface area contributed by atoms with Gasteiger partial charge in [-0.3, -0.25) is 0 Å². The number of aryl methyl sites for hydroxylation is 1. The van der Waals surface area contributed by atoms with E-state index in [-0.39, 0.29) is 0 Å². The highest BCUT2D eigenvalue weighted by Crippen LogP contribution is 2.26. The third-order valence-electron chi connectivity index (χ3n) is 1.38. The number of hydrogen-bond acceptors (Lipinski definition) is 4. The van der Waals surface area contributed by atoms with Crippen molar-refractivity contribution >= 4 is 29.1 Å². The van der Waals surface area contributed by atoms with E-state index in [1.807, 2.05) is 20.8 Å². The number of halogens is 1. The van der Waals surface area contributed by atoms with Crippen LogP contribution in [0.4, 0.5) is 0 Å². The Kier molecular flexibility index (Phi) is 3.17. The Morgan fingerprint density at radius 1 is 1.50 bits per heavy atom.